The largest absolute Gasteiger partial charge is 0.324 e. The minimum atomic E-state index is -2.26. The Bertz CT molecular complexity index is 382. The van der Waals surface area contributed by atoms with Gasteiger partial charge in [-0.1, -0.05) is 0 Å². The first-order chi connectivity index (χ1) is 7.41. The van der Waals surface area contributed by atoms with Crippen molar-refractivity contribution in [2.75, 3.05) is 6.67 Å². The highest BCUT2D eigenvalue weighted by Crippen LogP contribution is 2.27. The van der Waals surface area contributed by atoms with Gasteiger partial charge in [0.1, 0.15) is 0 Å². The van der Waals surface area contributed by atoms with Crippen molar-refractivity contribution in [3.8, 4) is 0 Å². The van der Waals surface area contributed by atoms with Crippen LogP contribution < -0.4 is 5.73 Å². The van der Waals surface area contributed by atoms with E-state index in [1.807, 2.05) is 0 Å². The van der Waals surface area contributed by atoms with Crippen molar-refractivity contribution in [2.45, 2.75) is 12.5 Å². The highest BCUT2D eigenvalue weighted by Gasteiger charge is 2.28. The number of halogens is 7. The topological polar surface area (TPSA) is 26.0 Å². The molecule has 0 aromatic heterocycles. The fourth-order valence-electron chi connectivity index (χ4n) is 1.21. The monoisotopic (exact) mass is 279 g/mol. The van der Waals surface area contributed by atoms with Gasteiger partial charge in [0.2, 0.25) is 5.82 Å². The standard InChI is InChI=1S/C9H7F6N.ClH/c10-2-1-3(16)4-5(11)7(13)9(15)8(14)6(4)12;/h3H,1-2,16H2;1H/t3-;/m0./s1. The lowest BCUT2D eigenvalue weighted by Gasteiger charge is -2.13. The van der Waals surface area contributed by atoms with E-state index < -0.39 is 53.8 Å². The summed E-state index contributed by atoms with van der Waals surface area (Å²) in [6, 6.07) is -1.57. The Labute approximate surface area is 99.0 Å². The molecule has 1 aromatic carbocycles. The predicted molar refractivity (Wildman–Crippen MR) is 51.0 cm³/mol. The molecule has 98 valence electrons. The Morgan fingerprint density at radius 1 is 0.824 bits per heavy atom. The lowest BCUT2D eigenvalue weighted by molar-refractivity contribution is 0.355. The molecule has 0 spiro atoms. The van der Waals surface area contributed by atoms with Gasteiger partial charge in [0, 0.05) is 11.6 Å². The third-order valence-electron chi connectivity index (χ3n) is 2.03. The van der Waals surface area contributed by atoms with Crippen LogP contribution in [0.2, 0.25) is 0 Å². The molecule has 0 fully saturated rings. The lowest BCUT2D eigenvalue weighted by atomic mass is 10.0. The van der Waals surface area contributed by atoms with Crippen LogP contribution in [0.5, 0.6) is 0 Å². The number of alkyl halides is 1. The molecule has 0 amide bonds. The predicted octanol–water partition coefficient (Wildman–Crippen LogP) is 3.16. The molecule has 0 radical (unpaired) electrons. The second kappa shape index (κ2) is 6.11. The first kappa shape index (κ1) is 16.1. The van der Waals surface area contributed by atoms with Crippen molar-refractivity contribution in [2.24, 2.45) is 5.73 Å². The molecule has 8 heteroatoms. The maximum absolute atomic E-state index is 13.1. The minimum absolute atomic E-state index is 0. The van der Waals surface area contributed by atoms with E-state index in [0.717, 1.165) is 0 Å². The van der Waals surface area contributed by atoms with Crippen LogP contribution in [0.15, 0.2) is 0 Å². The fourth-order valence-corrected chi connectivity index (χ4v) is 1.21. The second-order valence-corrected chi connectivity index (χ2v) is 3.07. The Kier molecular flexibility index (Phi) is 5.77. The van der Waals surface area contributed by atoms with E-state index in [0.29, 0.717) is 0 Å². The molecule has 1 rings (SSSR count). The number of nitrogens with two attached hydrogens (primary N) is 1. The maximum Gasteiger partial charge on any atom is 0.200 e. The van der Waals surface area contributed by atoms with Gasteiger partial charge >= 0.3 is 0 Å². The molecule has 0 bridgehead atoms. The van der Waals surface area contributed by atoms with Crippen LogP contribution in [-0.4, -0.2) is 6.67 Å². The van der Waals surface area contributed by atoms with E-state index in [-0.39, 0.29) is 12.4 Å². The maximum atomic E-state index is 13.1. The summed E-state index contributed by atoms with van der Waals surface area (Å²) in [5, 5.41) is 0. The average Bonchev–Trinajstić information content (AvgIpc) is 2.24. The van der Waals surface area contributed by atoms with Gasteiger partial charge in [-0.2, -0.15) is 0 Å². The molecule has 0 heterocycles. The van der Waals surface area contributed by atoms with Crippen LogP contribution in [0, 0.1) is 29.1 Å². The summed E-state index contributed by atoms with van der Waals surface area (Å²) in [6.07, 6.45) is -0.529. The third kappa shape index (κ3) is 2.84. The summed E-state index contributed by atoms with van der Waals surface area (Å²) in [5.41, 5.74) is 3.93. The number of hydrogen-bond donors (Lipinski definition) is 1. The molecular weight excluding hydrogens is 272 g/mol. The molecule has 0 aliphatic heterocycles. The van der Waals surface area contributed by atoms with Crippen LogP contribution in [0.3, 0.4) is 0 Å². The van der Waals surface area contributed by atoms with Crippen LogP contribution >= 0.6 is 12.4 Å². The van der Waals surface area contributed by atoms with Gasteiger partial charge in [0.15, 0.2) is 23.3 Å². The summed E-state index contributed by atoms with van der Waals surface area (Å²) < 4.78 is 76.0. The Morgan fingerprint density at radius 3 is 1.53 bits per heavy atom. The average molecular weight is 280 g/mol. The van der Waals surface area contributed by atoms with E-state index >= 15 is 0 Å². The molecule has 0 saturated heterocycles. The first-order valence-corrected chi connectivity index (χ1v) is 4.24. The quantitative estimate of drug-likeness (QED) is 0.513. The first-order valence-electron chi connectivity index (χ1n) is 4.24. The Balaban J connectivity index is 0.00000256. The van der Waals surface area contributed by atoms with E-state index in [1.54, 1.807) is 0 Å². The lowest BCUT2D eigenvalue weighted by Crippen LogP contribution is -2.18. The molecule has 1 aromatic rings. The van der Waals surface area contributed by atoms with Crippen molar-refractivity contribution in [1.29, 1.82) is 0 Å². The van der Waals surface area contributed by atoms with Crippen molar-refractivity contribution in [3.63, 3.8) is 0 Å². The normalized spacial score (nSPS) is 12.2. The molecule has 0 saturated carbocycles. The summed E-state index contributed by atoms with van der Waals surface area (Å²) in [7, 11) is 0. The van der Waals surface area contributed by atoms with Gasteiger partial charge in [-0.05, 0) is 6.42 Å². The van der Waals surface area contributed by atoms with Crippen molar-refractivity contribution >= 4 is 12.4 Å². The van der Waals surface area contributed by atoms with Gasteiger partial charge in [0.05, 0.1) is 6.67 Å². The summed E-state index contributed by atoms with van der Waals surface area (Å²) in [6.45, 7) is -1.03. The van der Waals surface area contributed by atoms with E-state index in [1.165, 1.54) is 0 Å². The summed E-state index contributed by atoms with van der Waals surface area (Å²) in [5.74, 6) is -10.5. The molecule has 0 unspecified atom stereocenters. The van der Waals surface area contributed by atoms with Crippen LogP contribution in [0.25, 0.3) is 0 Å². The second-order valence-electron chi connectivity index (χ2n) is 3.07. The Hall–Kier alpha value is -0.950. The summed E-state index contributed by atoms with van der Waals surface area (Å²) in [4.78, 5) is 0. The van der Waals surface area contributed by atoms with Gasteiger partial charge in [-0.15, -0.1) is 12.4 Å². The zero-order chi connectivity index (χ0) is 12.5. The van der Waals surface area contributed by atoms with E-state index in [2.05, 4.69) is 0 Å². The van der Waals surface area contributed by atoms with Gasteiger partial charge < -0.3 is 5.73 Å². The van der Waals surface area contributed by atoms with Gasteiger partial charge in [-0.25, -0.2) is 22.0 Å². The fraction of sp³-hybridized carbons (Fsp3) is 0.333. The van der Waals surface area contributed by atoms with Crippen molar-refractivity contribution in [1.82, 2.24) is 0 Å². The Morgan fingerprint density at radius 2 is 1.18 bits per heavy atom. The van der Waals surface area contributed by atoms with Crippen molar-refractivity contribution < 1.29 is 26.3 Å². The summed E-state index contributed by atoms with van der Waals surface area (Å²) >= 11 is 0. The third-order valence-corrected chi connectivity index (χ3v) is 2.03. The van der Waals surface area contributed by atoms with Crippen molar-refractivity contribution in [3.05, 3.63) is 34.6 Å². The zero-order valence-electron chi connectivity index (χ0n) is 8.24. The minimum Gasteiger partial charge on any atom is -0.324 e. The molecule has 2 N–H and O–H groups in total. The molecule has 1 nitrogen and oxygen atoms in total. The molecule has 0 aliphatic rings. The highest BCUT2D eigenvalue weighted by molar-refractivity contribution is 5.85. The molecule has 1 atom stereocenters. The number of benzene rings is 1. The smallest absolute Gasteiger partial charge is 0.200 e. The van der Waals surface area contributed by atoms with E-state index in [9.17, 15) is 26.3 Å². The van der Waals surface area contributed by atoms with Gasteiger partial charge in [0.25, 0.3) is 0 Å². The highest BCUT2D eigenvalue weighted by atomic mass is 35.5. The van der Waals surface area contributed by atoms with Crippen LogP contribution in [0.1, 0.15) is 18.0 Å². The van der Waals surface area contributed by atoms with E-state index in [4.69, 9.17) is 5.73 Å². The SMILES string of the molecule is Cl.N[C@@H](CCF)c1c(F)c(F)c(F)c(F)c1F. The number of rotatable bonds is 3. The van der Waals surface area contributed by atoms with Gasteiger partial charge in [-0.3, -0.25) is 4.39 Å². The molecule has 0 aliphatic carbocycles. The zero-order valence-corrected chi connectivity index (χ0v) is 9.06. The molecular formula is C9H8ClF6N. The molecule has 17 heavy (non-hydrogen) atoms. The van der Waals surface area contributed by atoms with Crippen LogP contribution in [0.4, 0.5) is 26.3 Å². The number of hydrogen-bond acceptors (Lipinski definition) is 1. The van der Waals surface area contributed by atoms with Crippen LogP contribution in [-0.2, 0) is 0 Å².